The smallest absolute Gasteiger partial charge is 0.132 e. The van der Waals surface area contributed by atoms with Crippen molar-refractivity contribution < 1.29 is 9.84 Å². The monoisotopic (exact) mass is 382 g/mol. The van der Waals surface area contributed by atoms with Crippen molar-refractivity contribution in [2.45, 2.75) is 26.2 Å². The number of ether oxygens (including phenoxy) is 1. The predicted molar refractivity (Wildman–Crippen MR) is 108 cm³/mol. The topological polar surface area (TPSA) is 112 Å². The second-order valence-corrected chi connectivity index (χ2v) is 7.07. The first-order valence-electron chi connectivity index (χ1n) is 9.21. The molecule has 8 nitrogen and oxygen atoms in total. The number of hydrogen-bond donors (Lipinski definition) is 3. The highest BCUT2D eigenvalue weighted by molar-refractivity contribution is 6.12. The van der Waals surface area contributed by atoms with E-state index in [1.54, 1.807) is 24.3 Å². The first-order valence-corrected chi connectivity index (χ1v) is 9.21. The summed E-state index contributed by atoms with van der Waals surface area (Å²) < 4.78 is 5.67. The van der Waals surface area contributed by atoms with E-state index in [0.717, 1.165) is 13.1 Å². The number of nitrogens with zero attached hydrogens (tertiary/aromatic N) is 4. The van der Waals surface area contributed by atoms with E-state index >= 15 is 0 Å². The van der Waals surface area contributed by atoms with Gasteiger partial charge in [-0.15, -0.1) is 5.73 Å². The molecule has 1 fully saturated rings. The molecule has 2 heterocycles. The van der Waals surface area contributed by atoms with Crippen molar-refractivity contribution in [3.63, 3.8) is 0 Å². The van der Waals surface area contributed by atoms with Gasteiger partial charge in [0, 0.05) is 30.9 Å². The maximum atomic E-state index is 10.1. The number of piperazine rings is 1. The second kappa shape index (κ2) is 8.39. The minimum atomic E-state index is -0.553. The fraction of sp³-hybridized carbons (Fsp3) is 0.400. The number of aliphatic hydroxyl groups is 1. The Morgan fingerprint density at radius 2 is 2.14 bits per heavy atom. The van der Waals surface area contributed by atoms with E-state index in [9.17, 15) is 5.11 Å². The van der Waals surface area contributed by atoms with Gasteiger partial charge in [-0.1, -0.05) is 0 Å². The number of likely N-dealkylation sites (N-methyl/N-ethyl adjacent to an activating group) is 1. The molecule has 0 radical (unpaired) electrons. The molecule has 1 atom stereocenters. The molecule has 1 aliphatic heterocycles. The maximum Gasteiger partial charge on any atom is 0.132 e. The Hall–Kier alpha value is -2.93. The number of aliphatic hydroxyl groups excluding tert-OH is 1. The van der Waals surface area contributed by atoms with Crippen molar-refractivity contribution in [1.29, 1.82) is 5.41 Å². The van der Waals surface area contributed by atoms with Crippen LogP contribution >= 0.6 is 0 Å². The molecule has 2 aliphatic rings. The second-order valence-electron chi connectivity index (χ2n) is 7.07. The van der Waals surface area contributed by atoms with Crippen molar-refractivity contribution in [1.82, 2.24) is 14.9 Å². The van der Waals surface area contributed by atoms with Gasteiger partial charge in [0.05, 0.1) is 29.6 Å². The normalized spacial score (nSPS) is 20.4. The van der Waals surface area contributed by atoms with Crippen LogP contribution in [0.3, 0.4) is 0 Å². The minimum absolute atomic E-state index is 0.0308. The highest BCUT2D eigenvalue weighted by Crippen LogP contribution is 2.20. The zero-order valence-electron chi connectivity index (χ0n) is 16.4. The van der Waals surface area contributed by atoms with Crippen LogP contribution in [0.1, 0.15) is 19.5 Å². The van der Waals surface area contributed by atoms with Crippen LogP contribution in [-0.4, -0.2) is 64.7 Å². The van der Waals surface area contributed by atoms with Crippen LogP contribution in [0, 0.1) is 5.41 Å². The highest BCUT2D eigenvalue weighted by atomic mass is 16.5. The first kappa shape index (κ1) is 19.8. The van der Waals surface area contributed by atoms with Gasteiger partial charge >= 0.3 is 0 Å². The summed E-state index contributed by atoms with van der Waals surface area (Å²) in [7, 11) is 1.88. The van der Waals surface area contributed by atoms with Gasteiger partial charge in [-0.3, -0.25) is 10.3 Å². The summed E-state index contributed by atoms with van der Waals surface area (Å²) in [5, 5.41) is 18.7. The number of allylic oxidation sites excluding steroid dienone is 4. The first-order chi connectivity index (χ1) is 13.3. The van der Waals surface area contributed by atoms with Crippen LogP contribution in [0.2, 0.25) is 0 Å². The average molecular weight is 382 g/mol. The van der Waals surface area contributed by atoms with Crippen molar-refractivity contribution in [3.8, 4) is 0 Å². The molecule has 28 heavy (non-hydrogen) atoms. The van der Waals surface area contributed by atoms with Crippen molar-refractivity contribution in [2.75, 3.05) is 31.6 Å². The van der Waals surface area contributed by atoms with Crippen LogP contribution in [0.15, 0.2) is 53.4 Å². The van der Waals surface area contributed by atoms with Gasteiger partial charge in [-0.25, -0.2) is 9.97 Å². The predicted octanol–water partition coefficient (Wildman–Crippen LogP) is 1.16. The standard InChI is InChI=1S/C20H26N6O2/c1-13(2)28-14-4-6-15(16(21)7-5-14)20(22)17-10-18(24-12-23-17)26-9-8-25(3)19(27)11-26/h4-5,7,10,12-13,19,22,27H,8-9,11,21H2,1-3H3. The molecule has 1 aromatic heterocycles. The van der Waals surface area contributed by atoms with E-state index in [1.807, 2.05) is 30.7 Å². The number of nitrogens with one attached hydrogen (secondary N) is 1. The molecular formula is C20H26N6O2. The molecule has 0 spiro atoms. The number of aromatic nitrogens is 2. The quantitative estimate of drug-likeness (QED) is 0.517. The number of β-amino-alcohol motifs (C(OH)–C–C–N with tert-alkyl or cyclic N) is 1. The third-order valence-corrected chi connectivity index (χ3v) is 4.54. The molecule has 0 saturated carbocycles. The zero-order valence-corrected chi connectivity index (χ0v) is 16.4. The number of anilines is 1. The number of rotatable bonds is 5. The molecule has 148 valence electrons. The molecule has 4 N–H and O–H groups in total. The zero-order chi connectivity index (χ0) is 20.3. The summed E-state index contributed by atoms with van der Waals surface area (Å²) in [4.78, 5) is 12.4. The minimum Gasteiger partial charge on any atom is -0.490 e. The molecule has 1 aromatic rings. The van der Waals surface area contributed by atoms with Gasteiger partial charge in [0.1, 0.15) is 24.1 Å². The van der Waals surface area contributed by atoms with Crippen molar-refractivity contribution in [2.24, 2.45) is 5.73 Å². The summed E-state index contributed by atoms with van der Waals surface area (Å²) >= 11 is 0. The lowest BCUT2D eigenvalue weighted by Crippen LogP contribution is -2.51. The Kier molecular flexibility index (Phi) is 5.94. The Morgan fingerprint density at radius 3 is 2.86 bits per heavy atom. The molecule has 8 heteroatoms. The lowest BCUT2D eigenvalue weighted by atomic mass is 10.1. The Balaban J connectivity index is 1.84. The molecule has 0 aromatic carbocycles. The Bertz CT molecular complexity index is 882. The van der Waals surface area contributed by atoms with Gasteiger partial charge in [0.2, 0.25) is 0 Å². The van der Waals surface area contributed by atoms with E-state index in [0.29, 0.717) is 35.1 Å². The number of hydrogen-bond acceptors (Lipinski definition) is 8. The Labute approximate surface area is 164 Å². The summed E-state index contributed by atoms with van der Waals surface area (Å²) in [6.45, 7) is 5.80. The van der Waals surface area contributed by atoms with Gasteiger partial charge in [-0.2, -0.15) is 0 Å². The maximum absolute atomic E-state index is 10.1. The SMILES string of the molecule is CC(C)OC1=CC=C(N)C(C(=N)c2cc(N3CCN(C)C(O)C3)ncn2)=C=C1. The summed E-state index contributed by atoms with van der Waals surface area (Å²) in [6, 6.07) is 1.74. The molecule has 1 unspecified atom stereocenters. The molecule has 3 rings (SSSR count). The van der Waals surface area contributed by atoms with Gasteiger partial charge in [-0.05, 0) is 33.0 Å². The van der Waals surface area contributed by atoms with Crippen molar-refractivity contribution in [3.05, 3.63) is 59.1 Å². The molecule has 0 amide bonds. The average Bonchev–Trinajstić information content (AvgIpc) is 2.85. The third-order valence-electron chi connectivity index (χ3n) is 4.54. The number of nitrogens with two attached hydrogens (primary N) is 1. The fourth-order valence-corrected chi connectivity index (χ4v) is 2.94. The lowest BCUT2D eigenvalue weighted by Gasteiger charge is -2.37. The molecule has 1 saturated heterocycles. The van der Waals surface area contributed by atoms with Crippen LogP contribution in [0.4, 0.5) is 5.82 Å². The van der Waals surface area contributed by atoms with Crippen LogP contribution in [-0.2, 0) is 4.74 Å². The van der Waals surface area contributed by atoms with E-state index < -0.39 is 6.23 Å². The van der Waals surface area contributed by atoms with Gasteiger partial charge in [0.15, 0.2) is 0 Å². The van der Waals surface area contributed by atoms with Gasteiger partial charge in [0.25, 0.3) is 0 Å². The molecule has 0 bridgehead atoms. The van der Waals surface area contributed by atoms with Crippen molar-refractivity contribution >= 4 is 11.5 Å². The van der Waals surface area contributed by atoms with E-state index in [4.69, 9.17) is 15.9 Å². The largest absolute Gasteiger partial charge is 0.490 e. The summed E-state index contributed by atoms with van der Waals surface area (Å²) in [5.74, 6) is 1.31. The molecule has 1 aliphatic carbocycles. The molecular weight excluding hydrogens is 356 g/mol. The van der Waals surface area contributed by atoms with E-state index in [1.165, 1.54) is 6.33 Å². The van der Waals surface area contributed by atoms with E-state index in [2.05, 4.69) is 15.7 Å². The highest BCUT2D eigenvalue weighted by Gasteiger charge is 2.24. The summed E-state index contributed by atoms with van der Waals surface area (Å²) in [6.07, 6.45) is 6.05. The Morgan fingerprint density at radius 1 is 1.36 bits per heavy atom. The van der Waals surface area contributed by atoms with Crippen LogP contribution < -0.4 is 10.6 Å². The summed E-state index contributed by atoms with van der Waals surface area (Å²) in [5.41, 5.74) is 10.6. The van der Waals surface area contributed by atoms with Crippen LogP contribution in [0.25, 0.3) is 0 Å². The fourth-order valence-electron chi connectivity index (χ4n) is 2.94. The van der Waals surface area contributed by atoms with Gasteiger partial charge < -0.3 is 20.5 Å². The van der Waals surface area contributed by atoms with E-state index in [-0.39, 0.29) is 11.8 Å². The van der Waals surface area contributed by atoms with Crippen LogP contribution in [0.5, 0.6) is 0 Å². The third kappa shape index (κ3) is 4.48. The lowest BCUT2D eigenvalue weighted by molar-refractivity contribution is 0.0151.